The fourth-order valence-corrected chi connectivity index (χ4v) is 3.53. The van der Waals surface area contributed by atoms with Gasteiger partial charge in [-0.1, -0.05) is 0 Å². The van der Waals surface area contributed by atoms with E-state index in [2.05, 4.69) is 0 Å². The van der Waals surface area contributed by atoms with Crippen molar-refractivity contribution in [3.8, 4) is 34.7 Å². The predicted molar refractivity (Wildman–Crippen MR) is 102 cm³/mol. The minimum Gasteiger partial charge on any atom is -0.508 e. The van der Waals surface area contributed by atoms with E-state index in [0.717, 1.165) is 30.5 Å². The fraction of sp³-hybridized carbons (Fsp3) is 0. The summed E-state index contributed by atoms with van der Waals surface area (Å²) >= 11 is 0. The maximum atomic E-state index is 13.1. The Kier molecular flexibility index (Phi) is 3.62. The number of fused-ring (bicyclic) bond motifs is 3. The maximum Gasteiger partial charge on any atom is 0.348 e. The zero-order valence-corrected chi connectivity index (χ0v) is 15.2. The van der Waals surface area contributed by atoms with E-state index < -0.39 is 40.0 Å². The van der Waals surface area contributed by atoms with Crippen molar-refractivity contribution in [2.75, 3.05) is 0 Å². The summed E-state index contributed by atoms with van der Waals surface area (Å²) in [5, 5.41) is 39.1. The van der Waals surface area contributed by atoms with Crippen LogP contribution in [0, 0.1) is 0 Å². The second-order valence-corrected chi connectivity index (χ2v) is 6.70. The maximum absolute atomic E-state index is 13.1. The van der Waals surface area contributed by atoms with Crippen molar-refractivity contribution >= 4 is 28.3 Å². The lowest BCUT2D eigenvalue weighted by molar-refractivity contribution is -0.130. The van der Waals surface area contributed by atoms with E-state index in [1.165, 1.54) is 6.08 Å². The number of Topliss-reactive ketones (excluding diaryl/α,β-unsaturated/α-hetero) is 1. The Morgan fingerprint density at radius 3 is 2.29 bits per heavy atom. The third kappa shape index (κ3) is 2.55. The van der Waals surface area contributed by atoms with Crippen LogP contribution in [-0.4, -0.2) is 32.2 Å². The molecule has 0 spiro atoms. The summed E-state index contributed by atoms with van der Waals surface area (Å²) in [6.07, 6.45) is 2.23. The Balaban J connectivity index is 1.83. The summed E-state index contributed by atoms with van der Waals surface area (Å²) in [6, 6.07) is 3.91. The van der Waals surface area contributed by atoms with Crippen LogP contribution in [0.2, 0.25) is 0 Å². The highest BCUT2D eigenvalue weighted by Gasteiger charge is 2.38. The summed E-state index contributed by atoms with van der Waals surface area (Å²) in [5.41, 5.74) is -2.52. The Hall–Kier alpha value is -4.73. The minimum atomic E-state index is -1.13. The number of allylic oxidation sites excluding steroid dienone is 2. The molecule has 2 aliphatic heterocycles. The van der Waals surface area contributed by atoms with Crippen LogP contribution in [0.15, 0.2) is 51.4 Å². The number of rotatable bonds is 0. The van der Waals surface area contributed by atoms with Crippen molar-refractivity contribution in [1.82, 2.24) is 0 Å². The molecule has 31 heavy (non-hydrogen) atoms. The molecule has 4 N–H and O–H groups in total. The van der Waals surface area contributed by atoms with E-state index in [9.17, 15) is 34.8 Å². The van der Waals surface area contributed by atoms with Gasteiger partial charge in [0.15, 0.2) is 0 Å². The van der Waals surface area contributed by atoms with Gasteiger partial charge in [-0.25, -0.2) is 4.79 Å². The van der Waals surface area contributed by atoms with Crippen LogP contribution in [0.1, 0.15) is 15.9 Å². The monoisotopic (exact) mass is 422 g/mol. The molecule has 10 nitrogen and oxygen atoms in total. The van der Waals surface area contributed by atoms with Crippen molar-refractivity contribution in [3.05, 3.63) is 63.5 Å². The van der Waals surface area contributed by atoms with E-state index in [0.29, 0.717) is 0 Å². The number of hydrogen-bond donors (Lipinski definition) is 4. The third-order valence-corrected chi connectivity index (χ3v) is 4.80. The number of benzene rings is 2. The van der Waals surface area contributed by atoms with Crippen LogP contribution in [-0.2, 0) is 4.79 Å². The molecule has 0 saturated heterocycles. The number of phenols is 4. The number of ether oxygens (including phenoxy) is 2. The van der Waals surface area contributed by atoms with Crippen molar-refractivity contribution < 1.29 is 43.9 Å². The standard InChI is InChI=1S/C21H10O10/c22-7-3-10(24)16-12(5-7)30-20(28)14(18(16)26)9-1-2-29-21-15(9)19(27)17-11(25)4-8(23)6-13(17)31-21/h1-6,22-25H/b14-9+. The van der Waals surface area contributed by atoms with Crippen molar-refractivity contribution in [2.45, 2.75) is 0 Å². The normalized spacial score (nSPS) is 17.2. The third-order valence-electron chi connectivity index (χ3n) is 4.80. The van der Waals surface area contributed by atoms with E-state index in [1.807, 2.05) is 0 Å². The van der Waals surface area contributed by atoms with Gasteiger partial charge in [0.1, 0.15) is 56.4 Å². The van der Waals surface area contributed by atoms with Crippen LogP contribution in [0.5, 0.6) is 34.7 Å². The lowest BCUT2D eigenvalue weighted by Crippen LogP contribution is -2.28. The summed E-state index contributed by atoms with van der Waals surface area (Å²) in [6.45, 7) is 0. The van der Waals surface area contributed by atoms with Crippen LogP contribution in [0.3, 0.4) is 0 Å². The minimum absolute atomic E-state index is 0.183. The molecule has 5 rings (SSSR count). The number of hydrogen-bond acceptors (Lipinski definition) is 10. The van der Waals surface area contributed by atoms with Gasteiger partial charge in [0.05, 0.1) is 6.26 Å². The van der Waals surface area contributed by atoms with Gasteiger partial charge in [0.2, 0.25) is 11.2 Å². The summed E-state index contributed by atoms with van der Waals surface area (Å²) in [7, 11) is 0. The van der Waals surface area contributed by atoms with Gasteiger partial charge in [-0.3, -0.25) is 9.59 Å². The highest BCUT2D eigenvalue weighted by molar-refractivity contribution is 6.33. The Bertz CT molecular complexity index is 1470. The van der Waals surface area contributed by atoms with Crippen molar-refractivity contribution in [3.63, 3.8) is 0 Å². The first kappa shape index (κ1) is 18.3. The van der Waals surface area contributed by atoms with Gasteiger partial charge in [0.25, 0.3) is 0 Å². The molecule has 3 heterocycles. The molecule has 3 aromatic rings. The molecule has 2 aliphatic rings. The quantitative estimate of drug-likeness (QED) is 0.182. The first-order valence-electron chi connectivity index (χ1n) is 8.69. The molecule has 0 saturated carbocycles. The van der Waals surface area contributed by atoms with E-state index in [4.69, 9.17) is 13.9 Å². The van der Waals surface area contributed by atoms with E-state index in [-0.39, 0.29) is 45.1 Å². The SMILES string of the molecule is O=C1Oc2cc(O)cc(O)c2C(=O)/C1=C1/C=COc2oc3cc(O)cc(O)c3c(=O)c21. The van der Waals surface area contributed by atoms with Gasteiger partial charge in [-0.15, -0.1) is 0 Å². The highest BCUT2D eigenvalue weighted by Crippen LogP contribution is 2.42. The van der Waals surface area contributed by atoms with Gasteiger partial charge in [-0.2, -0.15) is 0 Å². The van der Waals surface area contributed by atoms with Crippen molar-refractivity contribution in [1.29, 1.82) is 0 Å². The summed E-state index contributed by atoms with van der Waals surface area (Å²) < 4.78 is 15.7. The molecule has 0 fully saturated rings. The summed E-state index contributed by atoms with van der Waals surface area (Å²) in [5.74, 6) is -4.80. The molecule has 10 heteroatoms. The first-order valence-corrected chi connectivity index (χ1v) is 8.69. The molecular formula is C21H10O10. The predicted octanol–water partition coefficient (Wildman–Crippen LogP) is 2.08. The van der Waals surface area contributed by atoms with E-state index >= 15 is 0 Å². The fourth-order valence-electron chi connectivity index (χ4n) is 3.53. The molecular weight excluding hydrogens is 412 g/mol. The Morgan fingerprint density at radius 2 is 1.52 bits per heavy atom. The molecule has 0 aliphatic carbocycles. The second-order valence-electron chi connectivity index (χ2n) is 6.70. The first-order chi connectivity index (χ1) is 14.8. The molecule has 2 aromatic carbocycles. The molecule has 0 bridgehead atoms. The van der Waals surface area contributed by atoms with Gasteiger partial charge in [-0.05, 0) is 6.08 Å². The number of carbonyl (C=O) groups excluding carboxylic acids is 2. The number of esters is 1. The zero-order valence-electron chi connectivity index (χ0n) is 15.2. The molecule has 0 radical (unpaired) electrons. The van der Waals surface area contributed by atoms with Crippen LogP contribution >= 0.6 is 0 Å². The lowest BCUT2D eigenvalue weighted by atomic mass is 9.90. The Morgan fingerprint density at radius 1 is 0.806 bits per heavy atom. The number of carbonyl (C=O) groups is 2. The number of ketones is 1. The van der Waals surface area contributed by atoms with Crippen LogP contribution in [0.25, 0.3) is 16.5 Å². The topological polar surface area (TPSA) is 164 Å². The highest BCUT2D eigenvalue weighted by atomic mass is 16.6. The Labute approximate surface area is 171 Å². The molecule has 0 unspecified atom stereocenters. The summed E-state index contributed by atoms with van der Waals surface area (Å²) in [4.78, 5) is 38.8. The van der Waals surface area contributed by atoms with Crippen molar-refractivity contribution in [2.24, 2.45) is 0 Å². The van der Waals surface area contributed by atoms with Gasteiger partial charge >= 0.3 is 11.9 Å². The lowest BCUT2D eigenvalue weighted by Gasteiger charge is -2.21. The average Bonchev–Trinajstić information content (AvgIpc) is 2.66. The smallest absolute Gasteiger partial charge is 0.348 e. The average molecular weight is 422 g/mol. The number of phenolic OH excluding ortho intramolecular Hbond substituents is 4. The van der Waals surface area contributed by atoms with Crippen LogP contribution < -0.4 is 14.9 Å². The van der Waals surface area contributed by atoms with Crippen LogP contribution in [0.4, 0.5) is 0 Å². The second kappa shape index (κ2) is 6.13. The number of aromatic hydroxyl groups is 4. The molecule has 0 atom stereocenters. The molecule has 1 aromatic heterocycles. The largest absolute Gasteiger partial charge is 0.508 e. The van der Waals surface area contributed by atoms with E-state index in [1.54, 1.807) is 0 Å². The molecule has 0 amide bonds. The zero-order chi connectivity index (χ0) is 22.0. The van der Waals surface area contributed by atoms with Gasteiger partial charge in [0, 0.05) is 29.8 Å². The van der Waals surface area contributed by atoms with Gasteiger partial charge < -0.3 is 34.3 Å². The molecule has 154 valence electrons.